The summed E-state index contributed by atoms with van der Waals surface area (Å²) in [6.45, 7) is 0.285. The van der Waals surface area contributed by atoms with Crippen LogP contribution in [0.25, 0.3) is 0 Å². The third-order valence-corrected chi connectivity index (χ3v) is 6.05. The third kappa shape index (κ3) is 5.61. The summed E-state index contributed by atoms with van der Waals surface area (Å²) in [4.78, 5) is 0. The molecule has 4 rings (SSSR count). The van der Waals surface area contributed by atoms with Crippen molar-refractivity contribution in [3.05, 3.63) is 129 Å². The molecule has 0 saturated carbocycles. The maximum Gasteiger partial charge on any atom is 0.339 e. The lowest BCUT2D eigenvalue weighted by Gasteiger charge is -2.28. The summed E-state index contributed by atoms with van der Waals surface area (Å²) in [5.74, 6) is -8.95. The summed E-state index contributed by atoms with van der Waals surface area (Å²) in [6, 6.07) is 23.9. The standard InChI is InChI=1S/C28H20Cl2F4O2/c29-23-15-21(11-13-25(23)35-17-19-7-3-1-4-8-19)27(31,32)28(33,34)22-12-14-26(24(30)16-22)36-18-20-9-5-2-6-10-20/h1-16H,17-18H2. The van der Waals surface area contributed by atoms with Gasteiger partial charge in [0.2, 0.25) is 0 Å². The Morgan fingerprint density at radius 3 is 1.22 bits per heavy atom. The average Bonchev–Trinajstić information content (AvgIpc) is 2.88. The quantitative estimate of drug-likeness (QED) is 0.199. The fourth-order valence-electron chi connectivity index (χ4n) is 3.46. The number of halogens is 6. The monoisotopic (exact) mass is 534 g/mol. The predicted molar refractivity (Wildman–Crippen MR) is 132 cm³/mol. The van der Waals surface area contributed by atoms with Crippen molar-refractivity contribution >= 4 is 23.2 Å². The molecule has 0 amide bonds. The predicted octanol–water partition coefficient (Wildman–Crippen LogP) is 9.04. The van der Waals surface area contributed by atoms with Gasteiger partial charge in [-0.1, -0.05) is 83.9 Å². The van der Waals surface area contributed by atoms with Crippen LogP contribution in [-0.4, -0.2) is 0 Å². The molecule has 4 aromatic carbocycles. The van der Waals surface area contributed by atoms with Crippen LogP contribution in [0.15, 0.2) is 97.1 Å². The second kappa shape index (κ2) is 10.8. The zero-order valence-corrected chi connectivity index (χ0v) is 20.2. The van der Waals surface area contributed by atoms with Gasteiger partial charge in [-0.15, -0.1) is 0 Å². The number of rotatable bonds is 9. The molecule has 0 spiro atoms. The molecule has 8 heteroatoms. The van der Waals surface area contributed by atoms with E-state index in [9.17, 15) is 0 Å². The first-order valence-electron chi connectivity index (χ1n) is 10.9. The second-order valence-electron chi connectivity index (χ2n) is 7.99. The van der Waals surface area contributed by atoms with Crippen LogP contribution >= 0.6 is 23.2 Å². The van der Waals surface area contributed by atoms with Crippen LogP contribution in [0.3, 0.4) is 0 Å². The van der Waals surface area contributed by atoms with Crippen LogP contribution in [0.2, 0.25) is 10.0 Å². The molecule has 0 bridgehead atoms. The summed E-state index contributed by atoms with van der Waals surface area (Å²) in [5.41, 5.74) is -0.236. The second-order valence-corrected chi connectivity index (χ2v) is 8.80. The van der Waals surface area contributed by atoms with Crippen molar-refractivity contribution in [2.45, 2.75) is 25.1 Å². The molecule has 0 aromatic heterocycles. The zero-order chi connectivity index (χ0) is 25.8. The van der Waals surface area contributed by atoms with Crippen molar-refractivity contribution in [2.75, 3.05) is 0 Å². The lowest BCUT2D eigenvalue weighted by molar-refractivity contribution is -0.223. The molecular formula is C28H20Cl2F4O2. The van der Waals surface area contributed by atoms with Crippen LogP contribution in [-0.2, 0) is 25.1 Å². The van der Waals surface area contributed by atoms with Gasteiger partial charge in [0.25, 0.3) is 0 Å². The van der Waals surface area contributed by atoms with E-state index in [1.165, 1.54) is 0 Å². The van der Waals surface area contributed by atoms with Gasteiger partial charge >= 0.3 is 11.8 Å². The number of ether oxygens (including phenoxy) is 2. The first-order valence-corrected chi connectivity index (χ1v) is 11.6. The van der Waals surface area contributed by atoms with E-state index in [-0.39, 0.29) is 34.8 Å². The molecule has 0 atom stereocenters. The number of benzene rings is 4. The molecule has 0 fully saturated rings. The minimum atomic E-state index is -4.58. The Bertz CT molecular complexity index is 1210. The lowest BCUT2D eigenvalue weighted by atomic mass is 9.96. The Morgan fingerprint density at radius 2 is 0.889 bits per heavy atom. The highest BCUT2D eigenvalue weighted by molar-refractivity contribution is 6.32. The van der Waals surface area contributed by atoms with E-state index in [1.807, 2.05) is 60.7 Å². The number of alkyl halides is 4. The largest absolute Gasteiger partial charge is 0.487 e. The Labute approximate surface area is 216 Å². The van der Waals surface area contributed by atoms with Gasteiger partial charge in [-0.05, 0) is 47.5 Å². The Morgan fingerprint density at radius 1 is 0.528 bits per heavy atom. The topological polar surface area (TPSA) is 18.5 Å². The van der Waals surface area contributed by atoms with Gasteiger partial charge in [0.05, 0.1) is 10.0 Å². The summed E-state index contributed by atoms with van der Waals surface area (Å²) in [6.07, 6.45) is 0. The SMILES string of the molecule is FC(F)(c1ccc(OCc2ccccc2)c(Cl)c1)C(F)(F)c1ccc(OCc2ccccc2)c(Cl)c1. The Kier molecular flexibility index (Phi) is 7.76. The Balaban J connectivity index is 1.50. The zero-order valence-electron chi connectivity index (χ0n) is 18.7. The van der Waals surface area contributed by atoms with Crippen molar-refractivity contribution in [2.24, 2.45) is 0 Å². The van der Waals surface area contributed by atoms with E-state index in [2.05, 4.69) is 0 Å². The molecule has 0 saturated heterocycles. The normalized spacial score (nSPS) is 11.8. The minimum Gasteiger partial charge on any atom is -0.487 e. The highest BCUT2D eigenvalue weighted by Crippen LogP contribution is 2.51. The minimum absolute atomic E-state index is 0.103. The molecule has 186 valence electrons. The molecule has 0 aliphatic carbocycles. The molecule has 2 nitrogen and oxygen atoms in total. The van der Waals surface area contributed by atoms with Crippen molar-refractivity contribution in [3.63, 3.8) is 0 Å². The fraction of sp³-hybridized carbons (Fsp3) is 0.143. The summed E-state index contributed by atoms with van der Waals surface area (Å²) < 4.78 is 71.3. The maximum atomic E-state index is 15.1. The van der Waals surface area contributed by atoms with Crippen molar-refractivity contribution < 1.29 is 27.0 Å². The van der Waals surface area contributed by atoms with Gasteiger partial charge in [-0.2, -0.15) is 17.6 Å². The van der Waals surface area contributed by atoms with E-state index in [1.54, 1.807) is 0 Å². The van der Waals surface area contributed by atoms with Crippen LogP contribution in [0.1, 0.15) is 22.3 Å². The van der Waals surface area contributed by atoms with Crippen LogP contribution in [0.4, 0.5) is 17.6 Å². The lowest BCUT2D eigenvalue weighted by Crippen LogP contribution is -2.35. The summed E-state index contributed by atoms with van der Waals surface area (Å²) in [5, 5.41) is -0.414. The summed E-state index contributed by atoms with van der Waals surface area (Å²) in [7, 11) is 0. The van der Waals surface area contributed by atoms with Crippen LogP contribution < -0.4 is 9.47 Å². The number of hydrogen-bond acceptors (Lipinski definition) is 2. The molecule has 0 N–H and O–H groups in total. The highest BCUT2D eigenvalue weighted by atomic mass is 35.5. The van der Waals surface area contributed by atoms with Crippen LogP contribution in [0.5, 0.6) is 11.5 Å². The van der Waals surface area contributed by atoms with Gasteiger partial charge in [0.15, 0.2) is 0 Å². The van der Waals surface area contributed by atoms with E-state index in [0.717, 1.165) is 47.5 Å². The van der Waals surface area contributed by atoms with Crippen molar-refractivity contribution in [1.82, 2.24) is 0 Å². The first-order chi connectivity index (χ1) is 17.2. The van der Waals surface area contributed by atoms with Gasteiger partial charge in [-0.3, -0.25) is 0 Å². The van der Waals surface area contributed by atoms with E-state index in [4.69, 9.17) is 32.7 Å². The van der Waals surface area contributed by atoms with Gasteiger partial charge < -0.3 is 9.47 Å². The fourth-order valence-corrected chi connectivity index (χ4v) is 3.93. The van der Waals surface area contributed by atoms with Gasteiger partial charge in [0.1, 0.15) is 24.7 Å². The van der Waals surface area contributed by atoms with Crippen molar-refractivity contribution in [1.29, 1.82) is 0 Å². The molecule has 0 aliphatic heterocycles. The molecular weight excluding hydrogens is 515 g/mol. The van der Waals surface area contributed by atoms with Crippen LogP contribution in [0, 0.1) is 0 Å². The average molecular weight is 535 g/mol. The molecule has 0 heterocycles. The first kappa shape index (κ1) is 25.9. The van der Waals surface area contributed by atoms with E-state index < -0.39 is 23.0 Å². The third-order valence-electron chi connectivity index (χ3n) is 5.46. The molecule has 36 heavy (non-hydrogen) atoms. The van der Waals surface area contributed by atoms with E-state index >= 15 is 17.6 Å². The molecule has 0 radical (unpaired) electrons. The van der Waals surface area contributed by atoms with Gasteiger partial charge in [-0.25, -0.2) is 0 Å². The molecule has 4 aromatic rings. The highest BCUT2D eigenvalue weighted by Gasteiger charge is 2.58. The Hall–Kier alpha value is -3.22. The summed E-state index contributed by atoms with van der Waals surface area (Å²) >= 11 is 12.2. The van der Waals surface area contributed by atoms with Gasteiger partial charge in [0, 0.05) is 11.1 Å². The van der Waals surface area contributed by atoms with Crippen molar-refractivity contribution in [3.8, 4) is 11.5 Å². The van der Waals surface area contributed by atoms with E-state index in [0.29, 0.717) is 0 Å². The smallest absolute Gasteiger partial charge is 0.339 e. The number of hydrogen-bond donors (Lipinski definition) is 0. The molecule has 0 aliphatic rings. The molecule has 0 unspecified atom stereocenters. The maximum absolute atomic E-state index is 15.1.